The van der Waals surface area contributed by atoms with E-state index in [4.69, 9.17) is 0 Å². The number of hydrogen-bond donors (Lipinski definition) is 0. The lowest BCUT2D eigenvalue weighted by Crippen LogP contribution is -2.17. The highest BCUT2D eigenvalue weighted by Gasteiger charge is 2.08. The fourth-order valence-corrected chi connectivity index (χ4v) is 0.289. The van der Waals surface area contributed by atoms with Crippen LogP contribution in [0.1, 0.15) is 41.5 Å². The molecule has 0 aliphatic carbocycles. The minimum atomic E-state index is -0.318. The normalized spacial score (nSPS) is 10.7. The Bertz CT molecular complexity index is 142. The van der Waals surface area contributed by atoms with Gasteiger partial charge in [-0.1, -0.05) is 0 Å². The lowest BCUT2D eigenvalue weighted by molar-refractivity contribution is -0.139. The summed E-state index contributed by atoms with van der Waals surface area (Å²) in [5, 5.41) is 0. The molecule has 0 aromatic carbocycles. The van der Waals surface area contributed by atoms with Crippen molar-refractivity contribution < 1.29 is 19.1 Å². The molecule has 84 valence electrons. The Balaban J connectivity index is 0. The van der Waals surface area contributed by atoms with Gasteiger partial charge < -0.3 is 9.47 Å². The molecule has 0 aromatic heterocycles. The number of carbonyl (C=O) groups is 2. The van der Waals surface area contributed by atoms with Gasteiger partial charge in [0.25, 0.3) is 12.9 Å². The van der Waals surface area contributed by atoms with Crippen molar-refractivity contribution in [1.82, 2.24) is 0 Å². The first-order chi connectivity index (χ1) is 6.12. The summed E-state index contributed by atoms with van der Waals surface area (Å²) in [5.74, 6) is 0. The minimum Gasteiger partial charge on any atom is -0.462 e. The van der Waals surface area contributed by atoms with E-state index in [2.05, 4.69) is 9.47 Å². The summed E-state index contributed by atoms with van der Waals surface area (Å²) in [7, 11) is 0. The van der Waals surface area contributed by atoms with E-state index in [1.807, 2.05) is 41.5 Å². The monoisotopic (exact) mass is 204 g/mol. The van der Waals surface area contributed by atoms with Gasteiger partial charge in [0.1, 0.15) is 11.2 Å². The van der Waals surface area contributed by atoms with Gasteiger partial charge in [-0.25, -0.2) is 0 Å². The Morgan fingerprint density at radius 2 is 0.929 bits per heavy atom. The summed E-state index contributed by atoms with van der Waals surface area (Å²) in [6.07, 6.45) is 0. The quantitative estimate of drug-likeness (QED) is 0.645. The zero-order chi connectivity index (χ0) is 11.8. The van der Waals surface area contributed by atoms with Gasteiger partial charge in [0.15, 0.2) is 0 Å². The van der Waals surface area contributed by atoms with Crippen LogP contribution in [0.4, 0.5) is 0 Å². The van der Waals surface area contributed by atoms with E-state index < -0.39 is 0 Å². The minimum absolute atomic E-state index is 0.318. The Labute approximate surface area is 85.6 Å². The third-order valence-corrected chi connectivity index (χ3v) is 0.803. The maximum Gasteiger partial charge on any atom is 0.293 e. The molecule has 0 atom stereocenters. The molecule has 0 N–H and O–H groups in total. The van der Waals surface area contributed by atoms with Crippen LogP contribution in [0.25, 0.3) is 0 Å². The van der Waals surface area contributed by atoms with Gasteiger partial charge in [0, 0.05) is 0 Å². The van der Waals surface area contributed by atoms with E-state index >= 15 is 0 Å². The maximum absolute atomic E-state index is 9.60. The summed E-state index contributed by atoms with van der Waals surface area (Å²) >= 11 is 0. The first-order valence-corrected chi connectivity index (χ1v) is 4.35. The SMILES string of the molecule is CC(C)(C)OC=O.CC(C)(C)OC=O. The second-order valence-corrected chi connectivity index (χ2v) is 4.65. The second-order valence-electron chi connectivity index (χ2n) is 4.65. The summed E-state index contributed by atoms with van der Waals surface area (Å²) in [5.41, 5.74) is -0.635. The predicted octanol–water partition coefficient (Wildman–Crippen LogP) is 1.92. The van der Waals surface area contributed by atoms with Crippen LogP contribution < -0.4 is 0 Å². The molecular weight excluding hydrogens is 184 g/mol. The van der Waals surface area contributed by atoms with Crippen LogP contribution in [-0.4, -0.2) is 24.1 Å². The largest absolute Gasteiger partial charge is 0.462 e. The van der Waals surface area contributed by atoms with Gasteiger partial charge in [0.05, 0.1) is 0 Å². The van der Waals surface area contributed by atoms with Crippen LogP contribution in [0.5, 0.6) is 0 Å². The molecule has 14 heavy (non-hydrogen) atoms. The lowest BCUT2D eigenvalue weighted by Gasteiger charge is -2.14. The molecule has 0 spiro atoms. The summed E-state index contributed by atoms with van der Waals surface area (Å²) in [6.45, 7) is 11.8. The highest BCUT2D eigenvalue weighted by molar-refractivity contribution is 5.38. The van der Waals surface area contributed by atoms with Crippen LogP contribution in [0.3, 0.4) is 0 Å². The molecule has 0 fully saturated rings. The third-order valence-electron chi connectivity index (χ3n) is 0.803. The average molecular weight is 204 g/mol. The highest BCUT2D eigenvalue weighted by Crippen LogP contribution is 2.03. The molecule has 0 amide bonds. The molecular formula is C10H20O4. The molecule has 0 radical (unpaired) electrons. The van der Waals surface area contributed by atoms with E-state index in [1.165, 1.54) is 0 Å². The topological polar surface area (TPSA) is 52.6 Å². The smallest absolute Gasteiger partial charge is 0.293 e. The van der Waals surface area contributed by atoms with Gasteiger partial charge in [0.2, 0.25) is 0 Å². The Kier molecular flexibility index (Phi) is 7.05. The molecule has 4 heteroatoms. The van der Waals surface area contributed by atoms with Crippen molar-refractivity contribution in [2.24, 2.45) is 0 Å². The number of carbonyl (C=O) groups excluding carboxylic acids is 2. The van der Waals surface area contributed by atoms with Crippen molar-refractivity contribution in [3.8, 4) is 0 Å². The van der Waals surface area contributed by atoms with E-state index in [1.54, 1.807) is 0 Å². The standard InChI is InChI=1S/2C5H10O2/c2*1-5(2,3)7-4-6/h2*4H,1-3H3. The Morgan fingerprint density at radius 3 is 0.929 bits per heavy atom. The molecule has 0 aliphatic heterocycles. The molecule has 0 heterocycles. The molecule has 0 rings (SSSR count). The van der Waals surface area contributed by atoms with Crippen LogP contribution in [0.2, 0.25) is 0 Å². The van der Waals surface area contributed by atoms with E-state index in [0.717, 1.165) is 0 Å². The van der Waals surface area contributed by atoms with Crippen molar-refractivity contribution >= 4 is 12.9 Å². The Morgan fingerprint density at radius 1 is 0.714 bits per heavy atom. The lowest BCUT2D eigenvalue weighted by atomic mass is 10.2. The van der Waals surface area contributed by atoms with Crippen molar-refractivity contribution in [2.75, 3.05) is 0 Å². The van der Waals surface area contributed by atoms with Gasteiger partial charge in [-0.3, -0.25) is 9.59 Å². The molecule has 0 unspecified atom stereocenters. The predicted molar refractivity (Wildman–Crippen MR) is 53.8 cm³/mol. The first-order valence-electron chi connectivity index (χ1n) is 4.35. The van der Waals surface area contributed by atoms with Crippen LogP contribution >= 0.6 is 0 Å². The second kappa shape index (κ2) is 6.40. The van der Waals surface area contributed by atoms with E-state index in [-0.39, 0.29) is 11.2 Å². The number of ether oxygens (including phenoxy) is 2. The average Bonchev–Trinajstić information content (AvgIpc) is 1.81. The van der Waals surface area contributed by atoms with Crippen LogP contribution in [0, 0.1) is 0 Å². The van der Waals surface area contributed by atoms with E-state index in [9.17, 15) is 9.59 Å². The number of rotatable bonds is 2. The summed E-state index contributed by atoms with van der Waals surface area (Å²) in [6, 6.07) is 0. The number of hydrogen-bond acceptors (Lipinski definition) is 4. The third kappa shape index (κ3) is 22.4. The van der Waals surface area contributed by atoms with Crippen LogP contribution in [0.15, 0.2) is 0 Å². The molecule has 0 aliphatic rings. The summed E-state index contributed by atoms with van der Waals surface area (Å²) < 4.78 is 9.10. The van der Waals surface area contributed by atoms with Gasteiger partial charge in [-0.05, 0) is 41.5 Å². The molecule has 0 saturated carbocycles. The zero-order valence-electron chi connectivity index (χ0n) is 9.79. The molecule has 0 aromatic rings. The molecule has 0 bridgehead atoms. The van der Waals surface area contributed by atoms with Crippen molar-refractivity contribution in [1.29, 1.82) is 0 Å². The van der Waals surface area contributed by atoms with Crippen LogP contribution in [-0.2, 0) is 19.1 Å². The van der Waals surface area contributed by atoms with E-state index in [0.29, 0.717) is 12.9 Å². The fraction of sp³-hybridized carbons (Fsp3) is 0.800. The van der Waals surface area contributed by atoms with Crippen molar-refractivity contribution in [3.05, 3.63) is 0 Å². The fourth-order valence-electron chi connectivity index (χ4n) is 0.289. The Hall–Kier alpha value is -1.06. The van der Waals surface area contributed by atoms with Gasteiger partial charge in [-0.15, -0.1) is 0 Å². The molecule has 4 nitrogen and oxygen atoms in total. The van der Waals surface area contributed by atoms with Crippen molar-refractivity contribution in [3.63, 3.8) is 0 Å². The van der Waals surface area contributed by atoms with Gasteiger partial charge >= 0.3 is 0 Å². The highest BCUT2D eigenvalue weighted by atomic mass is 16.5. The first kappa shape index (κ1) is 15.4. The van der Waals surface area contributed by atoms with Gasteiger partial charge in [-0.2, -0.15) is 0 Å². The zero-order valence-corrected chi connectivity index (χ0v) is 9.79. The van der Waals surface area contributed by atoms with Crippen molar-refractivity contribution in [2.45, 2.75) is 52.7 Å². The molecule has 0 saturated heterocycles. The maximum atomic E-state index is 9.60. The summed E-state index contributed by atoms with van der Waals surface area (Å²) in [4.78, 5) is 19.2.